The highest BCUT2D eigenvalue weighted by Crippen LogP contribution is 2.39. The van der Waals surface area contributed by atoms with E-state index in [0.717, 1.165) is 32.5 Å². The third-order valence-electron chi connectivity index (χ3n) is 5.74. The number of hydrogen-bond donors (Lipinski definition) is 2. The molecule has 1 heterocycles. The molecule has 21 heavy (non-hydrogen) atoms. The number of hydrogen-bond acceptors (Lipinski definition) is 3. The number of fused-ring (bicyclic) bond motifs is 1. The first-order valence-electron chi connectivity index (χ1n) is 9.03. The summed E-state index contributed by atoms with van der Waals surface area (Å²) < 4.78 is 0. The molecule has 2 fully saturated rings. The Kier molecular flexibility index (Phi) is 5.72. The summed E-state index contributed by atoms with van der Waals surface area (Å²) in [6.07, 6.45) is 6.99. The van der Waals surface area contributed by atoms with Crippen molar-refractivity contribution < 1.29 is 5.11 Å². The molecule has 1 saturated heterocycles. The number of nitrogens with one attached hydrogen (secondary N) is 1. The van der Waals surface area contributed by atoms with Gasteiger partial charge in [-0.25, -0.2) is 0 Å². The van der Waals surface area contributed by atoms with Crippen LogP contribution in [0.1, 0.15) is 66.2 Å². The van der Waals surface area contributed by atoms with Crippen LogP contribution in [0.15, 0.2) is 0 Å². The van der Waals surface area contributed by atoms with E-state index in [1.807, 2.05) is 0 Å². The normalized spacial score (nSPS) is 32.7. The molecule has 0 aromatic heterocycles. The summed E-state index contributed by atoms with van der Waals surface area (Å²) >= 11 is 0. The molecule has 0 aromatic rings. The van der Waals surface area contributed by atoms with Gasteiger partial charge in [0.15, 0.2) is 0 Å². The highest BCUT2D eigenvalue weighted by Gasteiger charge is 2.42. The van der Waals surface area contributed by atoms with E-state index in [2.05, 4.69) is 37.9 Å². The molecule has 1 saturated carbocycles. The molecular formula is C18H36N2O. The highest BCUT2D eigenvalue weighted by atomic mass is 16.3. The number of rotatable bonds is 5. The molecule has 1 aliphatic heterocycles. The van der Waals surface area contributed by atoms with Gasteiger partial charge in [0.25, 0.3) is 0 Å². The lowest BCUT2D eigenvalue weighted by atomic mass is 9.71. The lowest BCUT2D eigenvalue weighted by molar-refractivity contribution is -0.0958. The standard InChI is InChI=1S/C18H36N2O/c1-5-19-16(17(2,3)4)9-12-20-13-11-18(21)10-7-6-8-15(18)14-20/h15-16,19,21H,5-14H2,1-4H3. The van der Waals surface area contributed by atoms with E-state index >= 15 is 0 Å². The molecule has 1 aliphatic carbocycles. The Labute approximate surface area is 131 Å². The van der Waals surface area contributed by atoms with Gasteiger partial charge in [0, 0.05) is 25.0 Å². The third-order valence-corrected chi connectivity index (χ3v) is 5.74. The van der Waals surface area contributed by atoms with Crippen LogP contribution in [0.2, 0.25) is 0 Å². The number of piperidine rings is 1. The van der Waals surface area contributed by atoms with Crippen molar-refractivity contribution >= 4 is 0 Å². The zero-order valence-electron chi connectivity index (χ0n) is 14.6. The maximum absolute atomic E-state index is 10.8. The topological polar surface area (TPSA) is 35.5 Å². The van der Waals surface area contributed by atoms with Gasteiger partial charge in [-0.2, -0.15) is 0 Å². The third kappa shape index (κ3) is 4.43. The first-order valence-corrected chi connectivity index (χ1v) is 9.03. The average molecular weight is 296 g/mol. The van der Waals surface area contributed by atoms with Gasteiger partial charge in [0.1, 0.15) is 0 Å². The van der Waals surface area contributed by atoms with Crippen LogP contribution in [0, 0.1) is 11.3 Å². The average Bonchev–Trinajstić information content (AvgIpc) is 2.42. The van der Waals surface area contributed by atoms with Crippen molar-refractivity contribution in [3.05, 3.63) is 0 Å². The van der Waals surface area contributed by atoms with E-state index in [1.165, 1.54) is 32.2 Å². The fourth-order valence-electron chi connectivity index (χ4n) is 4.24. The Bertz CT molecular complexity index is 326. The minimum Gasteiger partial charge on any atom is -0.390 e. The fourth-order valence-corrected chi connectivity index (χ4v) is 4.24. The molecule has 0 amide bonds. The molecule has 3 heteroatoms. The molecule has 0 aromatic carbocycles. The van der Waals surface area contributed by atoms with Crippen LogP contribution in [0.25, 0.3) is 0 Å². The highest BCUT2D eigenvalue weighted by molar-refractivity contribution is 4.96. The number of likely N-dealkylation sites (tertiary alicyclic amines) is 1. The van der Waals surface area contributed by atoms with E-state index in [0.29, 0.717) is 17.4 Å². The van der Waals surface area contributed by atoms with Crippen molar-refractivity contribution in [1.82, 2.24) is 10.2 Å². The Morgan fingerprint density at radius 2 is 2.05 bits per heavy atom. The van der Waals surface area contributed by atoms with Crippen LogP contribution in [-0.2, 0) is 0 Å². The largest absolute Gasteiger partial charge is 0.390 e. The van der Waals surface area contributed by atoms with Crippen LogP contribution < -0.4 is 5.32 Å². The summed E-state index contributed by atoms with van der Waals surface area (Å²) in [6, 6.07) is 0.578. The zero-order chi connectivity index (χ0) is 15.5. The lowest BCUT2D eigenvalue weighted by Gasteiger charge is -2.48. The Balaban J connectivity index is 1.84. The molecule has 2 aliphatic rings. The van der Waals surface area contributed by atoms with Gasteiger partial charge in [-0.1, -0.05) is 40.5 Å². The second-order valence-corrected chi connectivity index (χ2v) is 8.36. The Morgan fingerprint density at radius 1 is 1.29 bits per heavy atom. The van der Waals surface area contributed by atoms with E-state index < -0.39 is 0 Å². The first kappa shape index (κ1) is 17.2. The smallest absolute Gasteiger partial charge is 0.0700 e. The molecule has 3 nitrogen and oxygen atoms in total. The van der Waals surface area contributed by atoms with Crippen LogP contribution in [0.4, 0.5) is 0 Å². The first-order chi connectivity index (χ1) is 9.85. The maximum atomic E-state index is 10.8. The van der Waals surface area contributed by atoms with E-state index in [4.69, 9.17) is 0 Å². The summed E-state index contributed by atoms with van der Waals surface area (Å²) in [5.74, 6) is 0.521. The van der Waals surface area contributed by atoms with Crippen molar-refractivity contribution in [3.63, 3.8) is 0 Å². The Morgan fingerprint density at radius 3 is 2.71 bits per heavy atom. The second-order valence-electron chi connectivity index (χ2n) is 8.36. The van der Waals surface area contributed by atoms with Crippen molar-refractivity contribution in [2.45, 2.75) is 77.9 Å². The molecule has 3 unspecified atom stereocenters. The fraction of sp³-hybridized carbons (Fsp3) is 1.00. The van der Waals surface area contributed by atoms with Crippen LogP contribution in [0.5, 0.6) is 0 Å². The van der Waals surface area contributed by atoms with Crippen LogP contribution >= 0.6 is 0 Å². The summed E-state index contributed by atoms with van der Waals surface area (Å²) in [4.78, 5) is 2.60. The van der Waals surface area contributed by atoms with Gasteiger partial charge in [0.2, 0.25) is 0 Å². The molecule has 0 radical (unpaired) electrons. The summed E-state index contributed by atoms with van der Waals surface area (Å²) in [6.45, 7) is 13.6. The van der Waals surface area contributed by atoms with Gasteiger partial charge < -0.3 is 15.3 Å². The van der Waals surface area contributed by atoms with Crippen molar-refractivity contribution in [2.24, 2.45) is 11.3 Å². The SMILES string of the molecule is CCNC(CCN1CCC2(O)CCCCC2C1)C(C)(C)C. The van der Waals surface area contributed by atoms with Crippen molar-refractivity contribution in [3.8, 4) is 0 Å². The van der Waals surface area contributed by atoms with E-state index in [1.54, 1.807) is 0 Å². The Hall–Kier alpha value is -0.120. The summed E-state index contributed by atoms with van der Waals surface area (Å²) in [7, 11) is 0. The molecule has 2 N–H and O–H groups in total. The van der Waals surface area contributed by atoms with Crippen LogP contribution in [0.3, 0.4) is 0 Å². The van der Waals surface area contributed by atoms with E-state index in [-0.39, 0.29) is 5.60 Å². The predicted octanol–water partition coefficient (Wildman–Crippen LogP) is 3.03. The predicted molar refractivity (Wildman–Crippen MR) is 89.5 cm³/mol. The van der Waals surface area contributed by atoms with Gasteiger partial charge in [-0.15, -0.1) is 0 Å². The summed E-state index contributed by atoms with van der Waals surface area (Å²) in [5.41, 5.74) is -0.0166. The van der Waals surface area contributed by atoms with Gasteiger partial charge in [-0.05, 0) is 44.2 Å². The van der Waals surface area contributed by atoms with Gasteiger partial charge >= 0.3 is 0 Å². The number of aliphatic hydroxyl groups is 1. The summed E-state index contributed by atoms with van der Waals surface area (Å²) in [5, 5.41) is 14.4. The van der Waals surface area contributed by atoms with Gasteiger partial charge in [-0.3, -0.25) is 0 Å². The minimum absolute atomic E-state index is 0.317. The van der Waals surface area contributed by atoms with E-state index in [9.17, 15) is 5.11 Å². The molecule has 3 atom stereocenters. The molecule has 0 bridgehead atoms. The monoisotopic (exact) mass is 296 g/mol. The maximum Gasteiger partial charge on any atom is 0.0700 e. The van der Waals surface area contributed by atoms with Crippen molar-refractivity contribution in [1.29, 1.82) is 0 Å². The van der Waals surface area contributed by atoms with Crippen molar-refractivity contribution in [2.75, 3.05) is 26.2 Å². The number of nitrogens with zero attached hydrogens (tertiary/aromatic N) is 1. The van der Waals surface area contributed by atoms with Gasteiger partial charge in [0.05, 0.1) is 5.60 Å². The molecule has 124 valence electrons. The van der Waals surface area contributed by atoms with Crippen LogP contribution in [-0.4, -0.2) is 47.8 Å². The zero-order valence-corrected chi connectivity index (χ0v) is 14.6. The minimum atomic E-state index is -0.333. The second kappa shape index (κ2) is 6.97. The molecule has 0 spiro atoms. The molecular weight excluding hydrogens is 260 g/mol. The lowest BCUT2D eigenvalue weighted by Crippen LogP contribution is -2.54. The molecule has 2 rings (SSSR count). The quantitative estimate of drug-likeness (QED) is 0.818.